The van der Waals surface area contributed by atoms with Crippen molar-refractivity contribution >= 4 is 0 Å². The highest BCUT2D eigenvalue weighted by molar-refractivity contribution is 5.20. The van der Waals surface area contributed by atoms with Crippen molar-refractivity contribution in [3.63, 3.8) is 0 Å². The van der Waals surface area contributed by atoms with Gasteiger partial charge in [-0.05, 0) is 31.4 Å². The third-order valence-corrected chi connectivity index (χ3v) is 3.41. The van der Waals surface area contributed by atoms with Gasteiger partial charge in [0.1, 0.15) is 5.75 Å². The summed E-state index contributed by atoms with van der Waals surface area (Å²) in [5.74, 6) is 0.937. The van der Waals surface area contributed by atoms with E-state index in [9.17, 15) is 0 Å². The van der Waals surface area contributed by atoms with E-state index >= 15 is 0 Å². The number of benzene rings is 1. The van der Waals surface area contributed by atoms with Crippen LogP contribution in [-0.2, 0) is 13.1 Å². The van der Waals surface area contributed by atoms with Gasteiger partial charge in [0, 0.05) is 25.3 Å². The monoisotopic (exact) mass is 271 g/mol. The summed E-state index contributed by atoms with van der Waals surface area (Å²) in [5, 5.41) is 3.47. The molecule has 1 saturated carbocycles. The van der Waals surface area contributed by atoms with Gasteiger partial charge in [-0.2, -0.15) is 0 Å². The Bertz CT molecular complexity index is 520. The van der Waals surface area contributed by atoms with E-state index in [1.807, 2.05) is 36.7 Å². The van der Waals surface area contributed by atoms with Crippen LogP contribution in [0.5, 0.6) is 5.75 Å². The number of rotatable bonds is 8. The smallest absolute Gasteiger partial charge is 0.119 e. The predicted molar refractivity (Wildman–Crippen MR) is 78.6 cm³/mol. The molecule has 0 radical (unpaired) electrons. The van der Waals surface area contributed by atoms with Gasteiger partial charge in [-0.3, -0.25) is 0 Å². The number of aromatic nitrogens is 2. The maximum absolute atomic E-state index is 5.68. The summed E-state index contributed by atoms with van der Waals surface area (Å²) in [4.78, 5) is 4.41. The number of ether oxygens (including phenoxy) is 1. The molecule has 106 valence electrons. The lowest BCUT2D eigenvalue weighted by Crippen LogP contribution is -2.15. The fourth-order valence-corrected chi connectivity index (χ4v) is 2.11. The zero-order valence-electron chi connectivity index (χ0n) is 11.7. The summed E-state index contributed by atoms with van der Waals surface area (Å²) < 4.78 is 7.81. The highest BCUT2D eigenvalue weighted by Crippen LogP contribution is 2.19. The Morgan fingerprint density at radius 3 is 2.90 bits per heavy atom. The van der Waals surface area contributed by atoms with Crippen molar-refractivity contribution in [3.05, 3.63) is 48.5 Å². The van der Waals surface area contributed by atoms with Gasteiger partial charge in [0.2, 0.25) is 0 Å². The van der Waals surface area contributed by atoms with Crippen LogP contribution in [-0.4, -0.2) is 22.2 Å². The van der Waals surface area contributed by atoms with Crippen LogP contribution in [0.4, 0.5) is 0 Å². The molecule has 1 fully saturated rings. The second kappa shape index (κ2) is 6.57. The molecular weight excluding hydrogens is 250 g/mol. The molecule has 1 aromatic heterocycles. The summed E-state index contributed by atoms with van der Waals surface area (Å²) in [7, 11) is 0. The second-order valence-electron chi connectivity index (χ2n) is 5.27. The number of hydrogen-bond acceptors (Lipinski definition) is 3. The zero-order chi connectivity index (χ0) is 13.6. The highest BCUT2D eigenvalue weighted by Gasteiger charge is 2.20. The molecule has 4 heteroatoms. The third kappa shape index (κ3) is 4.10. The minimum absolute atomic E-state index is 0.734. The maximum Gasteiger partial charge on any atom is 0.119 e. The fourth-order valence-electron chi connectivity index (χ4n) is 2.11. The average molecular weight is 271 g/mol. The minimum Gasteiger partial charge on any atom is -0.494 e. The first-order valence-corrected chi connectivity index (χ1v) is 7.32. The molecule has 0 bridgehead atoms. The Labute approximate surface area is 119 Å². The van der Waals surface area contributed by atoms with Crippen LogP contribution in [0.3, 0.4) is 0 Å². The molecule has 20 heavy (non-hydrogen) atoms. The zero-order valence-corrected chi connectivity index (χ0v) is 11.7. The van der Waals surface area contributed by atoms with Crippen LogP contribution in [0.1, 0.15) is 25.0 Å². The normalized spacial score (nSPS) is 14.4. The number of hydrogen-bond donors (Lipinski definition) is 1. The molecule has 0 spiro atoms. The van der Waals surface area contributed by atoms with Gasteiger partial charge in [-0.15, -0.1) is 0 Å². The molecule has 0 amide bonds. The molecule has 3 rings (SSSR count). The lowest BCUT2D eigenvalue weighted by molar-refractivity contribution is 0.301. The van der Waals surface area contributed by atoms with Gasteiger partial charge in [-0.25, -0.2) is 4.98 Å². The second-order valence-corrected chi connectivity index (χ2v) is 5.27. The van der Waals surface area contributed by atoms with Crippen LogP contribution in [0.15, 0.2) is 42.9 Å². The van der Waals surface area contributed by atoms with Gasteiger partial charge in [0.25, 0.3) is 0 Å². The van der Waals surface area contributed by atoms with Crippen molar-refractivity contribution in [2.45, 2.75) is 38.4 Å². The number of nitrogens with zero attached hydrogens (tertiary/aromatic N) is 2. The van der Waals surface area contributed by atoms with E-state index < -0.39 is 0 Å². The standard InChI is InChI=1S/C16H21N3O/c1-2-5-16(6-3-1)20-10-4-9-19-12-15(18-13-19)11-17-14-7-8-14/h1-3,5-6,12-14,17H,4,7-11H2. The summed E-state index contributed by atoms with van der Waals surface area (Å²) in [6, 6.07) is 10.7. The summed E-state index contributed by atoms with van der Waals surface area (Å²) >= 11 is 0. The summed E-state index contributed by atoms with van der Waals surface area (Å²) in [6.45, 7) is 2.57. The van der Waals surface area contributed by atoms with E-state index in [1.54, 1.807) is 0 Å². The lowest BCUT2D eigenvalue weighted by atomic mass is 10.3. The number of nitrogens with one attached hydrogen (secondary N) is 1. The van der Waals surface area contributed by atoms with Gasteiger partial charge in [0.05, 0.1) is 18.6 Å². The predicted octanol–water partition coefficient (Wildman–Crippen LogP) is 2.60. The van der Waals surface area contributed by atoms with Crippen molar-refractivity contribution in [3.8, 4) is 5.75 Å². The molecule has 1 aromatic carbocycles. The van der Waals surface area contributed by atoms with Crippen LogP contribution in [0.2, 0.25) is 0 Å². The first-order chi connectivity index (χ1) is 9.90. The van der Waals surface area contributed by atoms with E-state index in [-0.39, 0.29) is 0 Å². The molecule has 0 unspecified atom stereocenters. The number of imidazole rings is 1. The first-order valence-electron chi connectivity index (χ1n) is 7.32. The molecule has 2 aromatic rings. The molecule has 1 aliphatic rings. The highest BCUT2D eigenvalue weighted by atomic mass is 16.5. The van der Waals surface area contributed by atoms with Gasteiger partial charge < -0.3 is 14.6 Å². The van der Waals surface area contributed by atoms with E-state index in [0.717, 1.165) is 43.6 Å². The number of para-hydroxylation sites is 1. The van der Waals surface area contributed by atoms with Crippen LogP contribution < -0.4 is 10.1 Å². The van der Waals surface area contributed by atoms with Crippen molar-refractivity contribution in [2.24, 2.45) is 0 Å². The van der Waals surface area contributed by atoms with Crippen molar-refractivity contribution in [1.82, 2.24) is 14.9 Å². The third-order valence-electron chi connectivity index (χ3n) is 3.41. The molecule has 1 N–H and O–H groups in total. The Kier molecular flexibility index (Phi) is 4.33. The largest absolute Gasteiger partial charge is 0.494 e. The Balaban J connectivity index is 1.35. The summed E-state index contributed by atoms with van der Waals surface area (Å²) in [6.07, 6.45) is 7.65. The Morgan fingerprint density at radius 1 is 1.25 bits per heavy atom. The lowest BCUT2D eigenvalue weighted by Gasteiger charge is -2.06. The van der Waals surface area contributed by atoms with Gasteiger partial charge >= 0.3 is 0 Å². The van der Waals surface area contributed by atoms with Crippen molar-refractivity contribution in [2.75, 3.05) is 6.61 Å². The topological polar surface area (TPSA) is 39.1 Å². The van der Waals surface area contributed by atoms with Crippen molar-refractivity contribution in [1.29, 1.82) is 0 Å². The Morgan fingerprint density at radius 2 is 2.10 bits per heavy atom. The van der Waals surface area contributed by atoms with E-state index in [4.69, 9.17) is 4.74 Å². The molecule has 0 saturated heterocycles. The molecule has 0 atom stereocenters. The molecule has 0 aliphatic heterocycles. The van der Waals surface area contributed by atoms with Gasteiger partial charge in [0.15, 0.2) is 0 Å². The van der Waals surface area contributed by atoms with Crippen LogP contribution in [0.25, 0.3) is 0 Å². The van der Waals surface area contributed by atoms with Crippen LogP contribution >= 0.6 is 0 Å². The SMILES string of the molecule is c1ccc(OCCCn2cnc(CNC3CC3)c2)cc1. The minimum atomic E-state index is 0.734. The molecule has 1 aliphatic carbocycles. The summed E-state index contributed by atoms with van der Waals surface area (Å²) in [5.41, 5.74) is 1.13. The van der Waals surface area contributed by atoms with E-state index in [2.05, 4.69) is 21.1 Å². The quantitative estimate of drug-likeness (QED) is 0.750. The molecule has 4 nitrogen and oxygen atoms in total. The fraction of sp³-hybridized carbons (Fsp3) is 0.438. The Hall–Kier alpha value is -1.81. The van der Waals surface area contributed by atoms with E-state index in [0.29, 0.717) is 0 Å². The average Bonchev–Trinajstić information content (AvgIpc) is 3.21. The van der Waals surface area contributed by atoms with Crippen LogP contribution in [0, 0.1) is 0 Å². The molecule has 1 heterocycles. The maximum atomic E-state index is 5.68. The number of aryl methyl sites for hydroxylation is 1. The molecular formula is C16H21N3O. The first kappa shape index (κ1) is 13.2. The van der Waals surface area contributed by atoms with Crippen molar-refractivity contribution < 1.29 is 4.74 Å². The van der Waals surface area contributed by atoms with Gasteiger partial charge in [-0.1, -0.05) is 18.2 Å². The van der Waals surface area contributed by atoms with E-state index in [1.165, 1.54) is 12.8 Å².